The molecule has 1 heterocycles. The van der Waals surface area contributed by atoms with Crippen molar-refractivity contribution in [3.05, 3.63) is 30.3 Å². The highest BCUT2D eigenvalue weighted by Crippen LogP contribution is 2.18. The van der Waals surface area contributed by atoms with Gasteiger partial charge in [-0.15, -0.1) is 5.10 Å². The third-order valence-corrected chi connectivity index (χ3v) is 2.26. The number of tetrazole rings is 1. The minimum atomic E-state index is -0.275. The number of nitrogens with one attached hydrogen (secondary N) is 1. The summed E-state index contributed by atoms with van der Waals surface area (Å²) < 4.78 is 15.0. The quantitative estimate of drug-likeness (QED) is 0.879. The summed E-state index contributed by atoms with van der Waals surface area (Å²) in [5.74, 6) is 0.175. The Balaban J connectivity index is 2.23. The third kappa shape index (κ3) is 2.77. The lowest BCUT2D eigenvalue weighted by atomic mass is 10.2. The Morgan fingerprint density at radius 1 is 1.41 bits per heavy atom. The number of benzene rings is 1. The van der Waals surface area contributed by atoms with Gasteiger partial charge in [0.15, 0.2) is 0 Å². The Morgan fingerprint density at radius 3 is 2.88 bits per heavy atom. The fourth-order valence-electron chi connectivity index (χ4n) is 1.38. The molecule has 17 heavy (non-hydrogen) atoms. The van der Waals surface area contributed by atoms with Crippen LogP contribution in [-0.2, 0) is 0 Å². The molecule has 0 unspecified atom stereocenters. The van der Waals surface area contributed by atoms with Crippen molar-refractivity contribution in [1.29, 1.82) is 0 Å². The van der Waals surface area contributed by atoms with Crippen LogP contribution in [0.3, 0.4) is 0 Å². The molecule has 5 nitrogen and oxygen atoms in total. The highest BCUT2D eigenvalue weighted by molar-refractivity contribution is 5.51. The summed E-state index contributed by atoms with van der Waals surface area (Å²) in [6.45, 7) is 4.85. The molecule has 1 N–H and O–H groups in total. The first-order valence-corrected chi connectivity index (χ1v) is 5.43. The maximum atomic E-state index is 13.5. The van der Waals surface area contributed by atoms with Gasteiger partial charge in [-0.2, -0.15) is 0 Å². The molecule has 90 valence electrons. The highest BCUT2D eigenvalue weighted by Gasteiger charge is 2.06. The molecule has 2 rings (SSSR count). The molecule has 1 aromatic heterocycles. The van der Waals surface area contributed by atoms with E-state index >= 15 is 0 Å². The Labute approximate surface area is 98.6 Å². The summed E-state index contributed by atoms with van der Waals surface area (Å²) >= 11 is 0. The molecule has 1 aromatic carbocycles. The lowest BCUT2D eigenvalue weighted by Gasteiger charge is -2.11. The van der Waals surface area contributed by atoms with Crippen LogP contribution in [-0.4, -0.2) is 26.8 Å². The van der Waals surface area contributed by atoms with Crippen molar-refractivity contribution in [3.63, 3.8) is 0 Å². The zero-order valence-corrected chi connectivity index (χ0v) is 9.76. The van der Waals surface area contributed by atoms with Crippen molar-refractivity contribution in [1.82, 2.24) is 20.2 Å². The van der Waals surface area contributed by atoms with Crippen molar-refractivity contribution in [3.8, 4) is 5.69 Å². The van der Waals surface area contributed by atoms with E-state index in [2.05, 4.69) is 34.7 Å². The Morgan fingerprint density at radius 2 is 2.24 bits per heavy atom. The first-order valence-electron chi connectivity index (χ1n) is 5.43. The van der Waals surface area contributed by atoms with Gasteiger partial charge in [0.05, 0.1) is 11.4 Å². The number of halogens is 1. The lowest BCUT2D eigenvalue weighted by Crippen LogP contribution is -2.09. The lowest BCUT2D eigenvalue weighted by molar-refractivity contribution is 0.623. The number of hydrogen-bond acceptors (Lipinski definition) is 4. The van der Waals surface area contributed by atoms with Crippen molar-refractivity contribution in [2.75, 3.05) is 11.9 Å². The molecule has 0 aliphatic heterocycles. The van der Waals surface area contributed by atoms with Gasteiger partial charge in [0.2, 0.25) is 0 Å². The molecular weight excluding hydrogens is 221 g/mol. The van der Waals surface area contributed by atoms with E-state index in [9.17, 15) is 4.39 Å². The van der Waals surface area contributed by atoms with Crippen LogP contribution in [0.1, 0.15) is 13.8 Å². The molecule has 0 aliphatic carbocycles. The summed E-state index contributed by atoms with van der Waals surface area (Å²) in [6.07, 6.45) is 1.47. The minimum Gasteiger partial charge on any atom is -0.382 e. The zero-order chi connectivity index (χ0) is 12.3. The molecule has 0 amide bonds. The van der Waals surface area contributed by atoms with Gasteiger partial charge in [0, 0.05) is 6.54 Å². The van der Waals surface area contributed by atoms with Crippen molar-refractivity contribution >= 4 is 5.69 Å². The zero-order valence-electron chi connectivity index (χ0n) is 9.76. The molecular formula is C11H14FN5. The first-order chi connectivity index (χ1) is 8.16. The molecule has 0 radical (unpaired) electrons. The van der Waals surface area contributed by atoms with E-state index in [1.165, 1.54) is 17.1 Å². The van der Waals surface area contributed by atoms with E-state index in [-0.39, 0.29) is 5.82 Å². The van der Waals surface area contributed by atoms with E-state index < -0.39 is 0 Å². The van der Waals surface area contributed by atoms with Gasteiger partial charge in [-0.1, -0.05) is 13.8 Å². The Bertz CT molecular complexity index is 481. The predicted molar refractivity (Wildman–Crippen MR) is 62.4 cm³/mol. The van der Waals surface area contributed by atoms with Crippen LogP contribution in [0, 0.1) is 11.7 Å². The van der Waals surface area contributed by atoms with Crippen LogP contribution in [0.2, 0.25) is 0 Å². The standard InChI is InChI=1S/C11H14FN5/c1-8(2)6-13-11-5-9(3-4-10(11)12)17-7-14-15-16-17/h3-5,7-8,13H,6H2,1-2H3. The summed E-state index contributed by atoms with van der Waals surface area (Å²) in [7, 11) is 0. The second kappa shape index (κ2) is 4.90. The average Bonchev–Trinajstić information content (AvgIpc) is 2.81. The molecule has 0 fully saturated rings. The van der Waals surface area contributed by atoms with Gasteiger partial charge in [0.25, 0.3) is 0 Å². The van der Waals surface area contributed by atoms with Crippen molar-refractivity contribution < 1.29 is 4.39 Å². The van der Waals surface area contributed by atoms with E-state index in [1.54, 1.807) is 12.1 Å². The molecule has 0 bridgehead atoms. The second-order valence-corrected chi connectivity index (χ2v) is 4.19. The largest absolute Gasteiger partial charge is 0.382 e. The van der Waals surface area contributed by atoms with E-state index in [4.69, 9.17) is 0 Å². The van der Waals surface area contributed by atoms with Crippen molar-refractivity contribution in [2.45, 2.75) is 13.8 Å². The molecule has 6 heteroatoms. The predicted octanol–water partition coefficient (Wildman–Crippen LogP) is 1.87. The van der Waals surface area contributed by atoms with E-state index in [0.717, 1.165) is 12.2 Å². The molecule has 0 atom stereocenters. The first kappa shape index (κ1) is 11.5. The summed E-state index contributed by atoms with van der Waals surface area (Å²) in [4.78, 5) is 0. The third-order valence-electron chi connectivity index (χ3n) is 2.26. The Kier molecular flexibility index (Phi) is 3.32. The molecule has 0 spiro atoms. The van der Waals surface area contributed by atoms with Gasteiger partial charge in [-0.25, -0.2) is 9.07 Å². The SMILES string of the molecule is CC(C)CNc1cc(-n2cnnn2)ccc1F. The number of aromatic nitrogens is 4. The summed E-state index contributed by atoms with van der Waals surface area (Å²) in [5, 5.41) is 13.9. The van der Waals surface area contributed by atoms with Gasteiger partial charge >= 0.3 is 0 Å². The van der Waals surface area contributed by atoms with E-state index in [1.807, 2.05) is 0 Å². The van der Waals surface area contributed by atoms with Gasteiger partial charge < -0.3 is 5.32 Å². The maximum absolute atomic E-state index is 13.5. The van der Waals surface area contributed by atoms with Crippen LogP contribution in [0.5, 0.6) is 0 Å². The number of nitrogens with zero attached hydrogens (tertiary/aromatic N) is 4. The molecule has 2 aromatic rings. The van der Waals surface area contributed by atoms with Crippen LogP contribution in [0.25, 0.3) is 5.69 Å². The summed E-state index contributed by atoms with van der Waals surface area (Å²) in [5.41, 5.74) is 1.19. The average molecular weight is 235 g/mol. The van der Waals surface area contributed by atoms with E-state index in [0.29, 0.717) is 11.6 Å². The van der Waals surface area contributed by atoms with Crippen LogP contribution in [0.15, 0.2) is 24.5 Å². The minimum absolute atomic E-state index is 0.275. The number of hydrogen-bond donors (Lipinski definition) is 1. The van der Waals surface area contributed by atoms with Crippen molar-refractivity contribution in [2.24, 2.45) is 5.92 Å². The van der Waals surface area contributed by atoms with Gasteiger partial charge in [-0.05, 0) is 34.5 Å². The molecule has 0 saturated heterocycles. The van der Waals surface area contributed by atoms with Crippen LogP contribution < -0.4 is 5.32 Å². The smallest absolute Gasteiger partial charge is 0.146 e. The van der Waals surface area contributed by atoms with Gasteiger partial charge in [-0.3, -0.25) is 0 Å². The fourth-order valence-corrected chi connectivity index (χ4v) is 1.38. The number of rotatable bonds is 4. The molecule has 0 aliphatic rings. The van der Waals surface area contributed by atoms with Gasteiger partial charge in [0.1, 0.15) is 12.1 Å². The highest BCUT2D eigenvalue weighted by atomic mass is 19.1. The maximum Gasteiger partial charge on any atom is 0.146 e. The fraction of sp³-hybridized carbons (Fsp3) is 0.364. The summed E-state index contributed by atoms with van der Waals surface area (Å²) in [6, 6.07) is 4.72. The second-order valence-electron chi connectivity index (χ2n) is 4.19. The topological polar surface area (TPSA) is 55.6 Å². The normalized spacial score (nSPS) is 10.8. The monoisotopic (exact) mass is 235 g/mol. The molecule has 0 saturated carbocycles. The van der Waals surface area contributed by atoms with Crippen LogP contribution >= 0.6 is 0 Å². The number of anilines is 1. The van der Waals surface area contributed by atoms with Crippen LogP contribution in [0.4, 0.5) is 10.1 Å². The Hall–Kier alpha value is -1.98.